The number of thiophene rings is 1. The number of halogens is 1. The largest absolute Gasteiger partial charge is 0.467 e. The van der Waals surface area contributed by atoms with Gasteiger partial charge in [-0.2, -0.15) is 0 Å². The lowest BCUT2D eigenvalue weighted by Gasteiger charge is -2.21. The zero-order valence-corrected chi connectivity index (χ0v) is 18.8. The predicted molar refractivity (Wildman–Crippen MR) is 128 cm³/mol. The number of aromatic amines is 1. The van der Waals surface area contributed by atoms with Crippen LogP contribution < -0.4 is 5.56 Å². The first-order valence-electron chi connectivity index (χ1n) is 10.1. The molecular weight excluding hydrogens is 444 g/mol. The van der Waals surface area contributed by atoms with Gasteiger partial charge in [0.15, 0.2) is 0 Å². The van der Waals surface area contributed by atoms with E-state index in [1.807, 2.05) is 55.5 Å². The van der Waals surface area contributed by atoms with E-state index in [9.17, 15) is 9.59 Å². The molecule has 0 aliphatic carbocycles. The van der Waals surface area contributed by atoms with Gasteiger partial charge < -0.3 is 14.3 Å². The summed E-state index contributed by atoms with van der Waals surface area (Å²) in [5, 5.41) is 2.20. The van der Waals surface area contributed by atoms with E-state index in [0.717, 1.165) is 26.6 Å². The lowest BCUT2D eigenvalue weighted by Crippen LogP contribution is -2.32. The molecular formula is C25H19ClN2O3S. The van der Waals surface area contributed by atoms with Crippen LogP contribution >= 0.6 is 22.9 Å². The first-order valence-corrected chi connectivity index (χ1v) is 11.3. The van der Waals surface area contributed by atoms with Gasteiger partial charge in [-0.3, -0.25) is 9.59 Å². The fourth-order valence-corrected chi connectivity index (χ4v) is 5.26. The van der Waals surface area contributed by atoms with Crippen molar-refractivity contribution < 1.29 is 9.21 Å². The minimum absolute atomic E-state index is 0.128. The van der Waals surface area contributed by atoms with Crippen molar-refractivity contribution in [2.45, 2.75) is 20.0 Å². The number of carbonyl (C=O) groups is 1. The highest BCUT2D eigenvalue weighted by Crippen LogP contribution is 2.36. The van der Waals surface area contributed by atoms with Crippen LogP contribution in [-0.4, -0.2) is 15.8 Å². The average Bonchev–Trinajstić information content (AvgIpc) is 3.41. The maximum absolute atomic E-state index is 13.6. The van der Waals surface area contributed by atoms with Crippen LogP contribution in [-0.2, 0) is 13.1 Å². The van der Waals surface area contributed by atoms with E-state index in [2.05, 4.69) is 4.98 Å². The Hall–Kier alpha value is -3.35. The van der Waals surface area contributed by atoms with E-state index in [1.165, 1.54) is 11.3 Å². The summed E-state index contributed by atoms with van der Waals surface area (Å²) < 4.78 is 6.43. The summed E-state index contributed by atoms with van der Waals surface area (Å²) in [4.78, 5) is 31.3. The van der Waals surface area contributed by atoms with Gasteiger partial charge in [0.05, 0.1) is 24.4 Å². The monoisotopic (exact) mass is 462 g/mol. The van der Waals surface area contributed by atoms with Gasteiger partial charge in [-0.05, 0) is 48.7 Å². The Morgan fingerprint density at radius 3 is 2.72 bits per heavy atom. The number of benzene rings is 2. The van der Waals surface area contributed by atoms with Crippen molar-refractivity contribution in [3.05, 3.63) is 104 Å². The summed E-state index contributed by atoms with van der Waals surface area (Å²) in [5.74, 6) is 0.389. The molecule has 160 valence electrons. The quantitative estimate of drug-likeness (QED) is 0.341. The smallest absolute Gasteiger partial charge is 0.266 e. The molecule has 0 bridgehead atoms. The topological polar surface area (TPSA) is 66.3 Å². The van der Waals surface area contributed by atoms with Gasteiger partial charge in [-0.1, -0.05) is 41.4 Å². The molecule has 0 radical (unpaired) electrons. The summed E-state index contributed by atoms with van der Waals surface area (Å²) in [6.07, 6.45) is 1.57. The Morgan fingerprint density at radius 1 is 1.09 bits per heavy atom. The number of rotatable bonds is 5. The fourth-order valence-electron chi connectivity index (χ4n) is 3.78. The number of hydrogen-bond acceptors (Lipinski definition) is 4. The van der Waals surface area contributed by atoms with Gasteiger partial charge in [-0.25, -0.2) is 0 Å². The first-order chi connectivity index (χ1) is 15.5. The van der Waals surface area contributed by atoms with Gasteiger partial charge in [0.2, 0.25) is 0 Å². The first kappa shape index (κ1) is 20.5. The summed E-state index contributed by atoms with van der Waals surface area (Å²) in [7, 11) is 0. The Labute approximate surface area is 192 Å². The van der Waals surface area contributed by atoms with Crippen molar-refractivity contribution >= 4 is 49.8 Å². The number of pyridine rings is 1. The number of nitrogens with one attached hydrogen (secondary N) is 1. The van der Waals surface area contributed by atoms with Crippen molar-refractivity contribution in [3.63, 3.8) is 0 Å². The third-order valence-electron chi connectivity index (χ3n) is 5.38. The van der Waals surface area contributed by atoms with Gasteiger partial charge in [-0.15, -0.1) is 11.3 Å². The highest BCUT2D eigenvalue weighted by Gasteiger charge is 2.24. The molecule has 7 heteroatoms. The molecule has 5 nitrogen and oxygen atoms in total. The number of furan rings is 1. The number of H-pyrrole nitrogens is 1. The molecule has 0 spiro atoms. The zero-order valence-electron chi connectivity index (χ0n) is 17.2. The lowest BCUT2D eigenvalue weighted by molar-refractivity contribution is 0.0722. The molecule has 1 N–H and O–H groups in total. The molecule has 0 atom stereocenters. The molecule has 0 saturated carbocycles. The van der Waals surface area contributed by atoms with Crippen LogP contribution in [0.4, 0.5) is 0 Å². The Bertz CT molecular complexity index is 1500. The van der Waals surface area contributed by atoms with E-state index < -0.39 is 0 Å². The molecule has 3 aromatic heterocycles. The van der Waals surface area contributed by atoms with Crippen LogP contribution in [0.5, 0.6) is 0 Å². The SMILES string of the molecule is Cc1ccc2[nH]c(=O)c(CN(Cc3ccco3)C(=O)c3sc4ccccc4c3Cl)cc2c1. The number of carbonyl (C=O) groups excluding carboxylic acids is 1. The van der Waals surface area contributed by atoms with Crippen molar-refractivity contribution in [2.24, 2.45) is 0 Å². The molecule has 0 aliphatic rings. The second kappa shape index (κ2) is 8.30. The van der Waals surface area contributed by atoms with Gasteiger partial charge in [0, 0.05) is 21.2 Å². The van der Waals surface area contributed by atoms with E-state index >= 15 is 0 Å². The van der Waals surface area contributed by atoms with Crippen LogP contribution in [0.2, 0.25) is 5.02 Å². The van der Waals surface area contributed by atoms with E-state index in [-0.39, 0.29) is 24.6 Å². The summed E-state index contributed by atoms with van der Waals surface area (Å²) >= 11 is 7.93. The van der Waals surface area contributed by atoms with E-state index in [4.69, 9.17) is 16.0 Å². The van der Waals surface area contributed by atoms with Gasteiger partial charge >= 0.3 is 0 Å². The number of aryl methyl sites for hydroxylation is 1. The summed E-state index contributed by atoms with van der Waals surface area (Å²) in [6, 6.07) is 18.9. The highest BCUT2D eigenvalue weighted by molar-refractivity contribution is 7.21. The molecule has 32 heavy (non-hydrogen) atoms. The van der Waals surface area contributed by atoms with Gasteiger partial charge in [0.1, 0.15) is 10.6 Å². The number of amides is 1. The van der Waals surface area contributed by atoms with E-state index in [1.54, 1.807) is 23.3 Å². The van der Waals surface area contributed by atoms with Crippen LogP contribution in [0.15, 0.2) is 76.1 Å². The molecule has 5 rings (SSSR count). The van der Waals surface area contributed by atoms with Crippen LogP contribution in [0, 0.1) is 6.92 Å². The highest BCUT2D eigenvalue weighted by atomic mass is 35.5. The van der Waals surface area contributed by atoms with Crippen molar-refractivity contribution in [1.82, 2.24) is 9.88 Å². The molecule has 0 unspecified atom stereocenters. The molecule has 0 fully saturated rings. The minimum Gasteiger partial charge on any atom is -0.467 e. The molecule has 0 aliphatic heterocycles. The van der Waals surface area contributed by atoms with Crippen molar-refractivity contribution in [2.75, 3.05) is 0 Å². The average molecular weight is 463 g/mol. The van der Waals surface area contributed by atoms with Crippen molar-refractivity contribution in [3.8, 4) is 0 Å². The Morgan fingerprint density at radius 2 is 1.94 bits per heavy atom. The van der Waals surface area contributed by atoms with Gasteiger partial charge in [0.25, 0.3) is 11.5 Å². The molecule has 2 aromatic carbocycles. The number of nitrogens with zero attached hydrogens (tertiary/aromatic N) is 1. The maximum atomic E-state index is 13.6. The van der Waals surface area contributed by atoms with Crippen molar-refractivity contribution in [1.29, 1.82) is 0 Å². The molecule has 0 saturated heterocycles. The molecule has 3 heterocycles. The van der Waals surface area contributed by atoms with E-state index in [0.29, 0.717) is 21.2 Å². The normalized spacial score (nSPS) is 11.3. The van der Waals surface area contributed by atoms with Crippen LogP contribution in [0.25, 0.3) is 21.0 Å². The summed E-state index contributed by atoms with van der Waals surface area (Å²) in [5.41, 5.74) is 2.14. The number of hydrogen-bond donors (Lipinski definition) is 1. The Balaban J connectivity index is 1.56. The second-order valence-corrected chi connectivity index (χ2v) is 9.13. The predicted octanol–water partition coefficient (Wildman–Crippen LogP) is 6.14. The summed E-state index contributed by atoms with van der Waals surface area (Å²) in [6.45, 7) is 2.35. The third-order valence-corrected chi connectivity index (χ3v) is 7.04. The third kappa shape index (κ3) is 3.83. The zero-order chi connectivity index (χ0) is 22.2. The van der Waals surface area contributed by atoms with Crippen LogP contribution in [0.3, 0.4) is 0 Å². The standard InChI is InChI=1S/C25H19ClN2O3S/c1-15-8-9-20-16(11-15)12-17(24(29)27-20)13-28(14-18-5-4-10-31-18)25(30)23-22(26)19-6-2-3-7-21(19)32-23/h2-12H,13-14H2,1H3,(H,27,29). The minimum atomic E-state index is -0.240. The van der Waals surface area contributed by atoms with Crippen LogP contribution in [0.1, 0.15) is 26.6 Å². The lowest BCUT2D eigenvalue weighted by atomic mass is 10.1. The fraction of sp³-hybridized carbons (Fsp3) is 0.120. The second-order valence-electron chi connectivity index (χ2n) is 7.70. The number of fused-ring (bicyclic) bond motifs is 2. The Kier molecular flexibility index (Phi) is 5.33. The molecule has 1 amide bonds. The maximum Gasteiger partial charge on any atom is 0.266 e. The molecule has 5 aromatic rings. The number of aromatic nitrogens is 1.